The van der Waals surface area contributed by atoms with E-state index < -0.39 is 15.8 Å². The van der Waals surface area contributed by atoms with E-state index in [0.717, 1.165) is 12.3 Å². The average Bonchev–Trinajstić information content (AvgIpc) is 2.95. The molecular formula is C31H37N2O3P2+. The highest BCUT2D eigenvalue weighted by molar-refractivity contribution is 7.73. The topological polar surface area (TPSA) is 41.8 Å². The minimum atomic E-state index is -0.608. The fraction of sp³-hybridized carbons (Fsp3) is 0.226. The van der Waals surface area contributed by atoms with Gasteiger partial charge in [0, 0.05) is 12.3 Å². The van der Waals surface area contributed by atoms with Crippen LogP contribution in [0.15, 0.2) is 121 Å². The first-order valence-corrected chi connectivity index (χ1v) is 15.7. The number of hydrogen-bond acceptors (Lipinski definition) is 4. The zero-order valence-electron chi connectivity index (χ0n) is 22.4. The Morgan fingerprint density at radius 2 is 0.763 bits per heavy atom. The Bertz CT molecular complexity index is 1010. The summed E-state index contributed by atoms with van der Waals surface area (Å²) in [4.78, 5) is 25.0. The highest BCUT2D eigenvalue weighted by atomic mass is 31.1. The molecule has 0 radical (unpaired) electrons. The third kappa shape index (κ3) is 10.3. The zero-order chi connectivity index (χ0) is 27.0. The summed E-state index contributed by atoms with van der Waals surface area (Å²) in [6, 6.07) is 41.6. The number of rotatable bonds is 12. The van der Waals surface area contributed by atoms with E-state index in [1.807, 2.05) is 50.3 Å². The molecule has 4 aromatic carbocycles. The van der Waals surface area contributed by atoms with Gasteiger partial charge in [-0.05, 0) is 58.2 Å². The highest BCUT2D eigenvalue weighted by Gasteiger charge is 2.20. The molecule has 0 saturated carbocycles. The van der Waals surface area contributed by atoms with Crippen molar-refractivity contribution >= 4 is 37.1 Å². The number of benzene rings is 4. The van der Waals surface area contributed by atoms with Gasteiger partial charge in [0.25, 0.3) is 0 Å². The van der Waals surface area contributed by atoms with Gasteiger partial charge >= 0.3 is 5.09 Å². The van der Waals surface area contributed by atoms with Crippen molar-refractivity contribution in [3.8, 4) is 0 Å². The molecule has 0 heterocycles. The van der Waals surface area contributed by atoms with Crippen LogP contribution in [-0.2, 0) is 9.68 Å². The SMILES string of the molecule is CN(C)C.O=[N+](OCCP(c1ccccc1)c1ccccc1)OCCP(c1ccccc1)c1ccccc1. The Morgan fingerprint density at radius 1 is 0.526 bits per heavy atom. The molecule has 0 aliphatic heterocycles. The predicted octanol–water partition coefficient (Wildman–Crippen LogP) is 5.07. The van der Waals surface area contributed by atoms with Gasteiger partial charge in [0.05, 0.1) is 0 Å². The summed E-state index contributed by atoms with van der Waals surface area (Å²) in [5.74, 6) is 0. The normalized spacial score (nSPS) is 10.7. The maximum atomic E-state index is 12.2. The molecule has 198 valence electrons. The molecule has 5 nitrogen and oxygen atoms in total. The highest BCUT2D eigenvalue weighted by Crippen LogP contribution is 2.34. The average molecular weight is 548 g/mol. The molecular weight excluding hydrogens is 510 g/mol. The Morgan fingerprint density at radius 3 is 1.00 bits per heavy atom. The number of hydrogen-bond donors (Lipinski definition) is 0. The second kappa shape index (κ2) is 16.7. The second-order valence-electron chi connectivity index (χ2n) is 8.88. The smallest absolute Gasteiger partial charge is 0.312 e. The summed E-state index contributed by atoms with van der Waals surface area (Å²) in [5.41, 5.74) is 0. The zero-order valence-corrected chi connectivity index (χ0v) is 24.2. The molecule has 0 aliphatic carbocycles. The van der Waals surface area contributed by atoms with Gasteiger partial charge in [0.15, 0.2) is 13.2 Å². The van der Waals surface area contributed by atoms with Crippen molar-refractivity contribution < 1.29 is 14.8 Å². The molecule has 0 bridgehead atoms. The lowest BCUT2D eigenvalue weighted by Crippen LogP contribution is -2.21. The van der Waals surface area contributed by atoms with Gasteiger partial charge < -0.3 is 4.90 Å². The van der Waals surface area contributed by atoms with Crippen LogP contribution in [0.5, 0.6) is 0 Å². The summed E-state index contributed by atoms with van der Waals surface area (Å²) >= 11 is 0. The lowest BCUT2D eigenvalue weighted by Gasteiger charge is -2.17. The van der Waals surface area contributed by atoms with Crippen molar-refractivity contribution in [1.29, 1.82) is 0 Å². The van der Waals surface area contributed by atoms with E-state index in [4.69, 9.17) is 9.68 Å². The lowest BCUT2D eigenvalue weighted by atomic mass is 10.4. The maximum Gasteiger partial charge on any atom is 0.477 e. The van der Waals surface area contributed by atoms with Crippen LogP contribution in [0.4, 0.5) is 0 Å². The molecule has 0 aromatic heterocycles. The fourth-order valence-corrected chi connectivity index (χ4v) is 7.98. The van der Waals surface area contributed by atoms with E-state index in [-0.39, 0.29) is 5.09 Å². The molecule has 4 aromatic rings. The van der Waals surface area contributed by atoms with Crippen LogP contribution in [0.1, 0.15) is 0 Å². The largest absolute Gasteiger partial charge is 0.477 e. The molecule has 0 unspecified atom stereocenters. The third-order valence-corrected chi connectivity index (χ3v) is 10.2. The summed E-state index contributed by atoms with van der Waals surface area (Å²) in [5, 5.41) is 5.35. The molecule has 0 aliphatic rings. The minimum absolute atomic E-state index is 0.285. The first-order chi connectivity index (χ1) is 18.5. The van der Waals surface area contributed by atoms with Gasteiger partial charge in [-0.3, -0.25) is 0 Å². The van der Waals surface area contributed by atoms with Gasteiger partial charge in [-0.25, -0.2) is 0 Å². The van der Waals surface area contributed by atoms with E-state index in [1.54, 1.807) is 0 Å². The molecule has 0 spiro atoms. The molecule has 0 amide bonds. The molecule has 4 rings (SSSR count). The van der Waals surface area contributed by atoms with Crippen LogP contribution in [-0.4, -0.2) is 56.7 Å². The summed E-state index contributed by atoms with van der Waals surface area (Å²) in [6.45, 7) is 0.594. The first kappa shape index (κ1) is 29.5. The Labute approximate surface area is 229 Å². The quantitative estimate of drug-likeness (QED) is 0.184. The van der Waals surface area contributed by atoms with Crippen molar-refractivity contribution in [3.05, 3.63) is 126 Å². The van der Waals surface area contributed by atoms with Gasteiger partial charge in [-0.2, -0.15) is 9.68 Å². The van der Waals surface area contributed by atoms with Crippen molar-refractivity contribution in [2.24, 2.45) is 0 Å². The summed E-state index contributed by atoms with van der Waals surface area (Å²) < 4.78 is 0. The van der Waals surface area contributed by atoms with Gasteiger partial charge in [0.2, 0.25) is 0 Å². The Balaban J connectivity index is 0.000000934. The fourth-order valence-electron chi connectivity index (χ4n) is 3.70. The van der Waals surface area contributed by atoms with Gasteiger partial charge in [-0.15, -0.1) is 0 Å². The van der Waals surface area contributed by atoms with E-state index in [1.165, 1.54) is 21.2 Å². The molecule has 0 fully saturated rings. The lowest BCUT2D eigenvalue weighted by molar-refractivity contribution is -0.980. The summed E-state index contributed by atoms with van der Waals surface area (Å²) in [6.07, 6.45) is 1.48. The van der Waals surface area contributed by atoms with Crippen LogP contribution in [0, 0.1) is 4.91 Å². The molecule has 0 saturated heterocycles. The van der Waals surface area contributed by atoms with Crippen molar-refractivity contribution in [3.63, 3.8) is 0 Å². The van der Waals surface area contributed by atoms with Crippen molar-refractivity contribution in [1.82, 2.24) is 4.90 Å². The summed E-state index contributed by atoms with van der Waals surface area (Å²) in [7, 11) is 4.78. The Hall–Kier alpha value is -3.10. The van der Waals surface area contributed by atoms with Crippen LogP contribution < -0.4 is 21.2 Å². The molecule has 38 heavy (non-hydrogen) atoms. The third-order valence-electron chi connectivity index (χ3n) is 5.29. The van der Waals surface area contributed by atoms with Gasteiger partial charge in [0.1, 0.15) is 4.91 Å². The van der Waals surface area contributed by atoms with E-state index >= 15 is 0 Å². The van der Waals surface area contributed by atoms with Crippen LogP contribution >= 0.6 is 15.8 Å². The van der Waals surface area contributed by atoms with E-state index in [2.05, 4.69) is 97.1 Å². The minimum Gasteiger partial charge on any atom is -0.312 e. The van der Waals surface area contributed by atoms with Gasteiger partial charge in [-0.1, -0.05) is 121 Å². The molecule has 7 heteroatoms. The standard InChI is InChI=1S/C28H28NO3P2.C3H9N/c30-29(31-21-23-33(25-13-5-1-6-14-25)26-15-7-2-8-16-26)32-22-24-34(27-17-9-3-10-18-27)28-19-11-4-12-20-28;1-4(2)3/h1-20H,21-24H2;1-3H3/q+1;. The predicted molar refractivity (Wildman–Crippen MR) is 163 cm³/mol. The van der Waals surface area contributed by atoms with Crippen LogP contribution in [0.3, 0.4) is 0 Å². The van der Waals surface area contributed by atoms with Crippen molar-refractivity contribution in [2.45, 2.75) is 0 Å². The van der Waals surface area contributed by atoms with E-state index in [9.17, 15) is 4.91 Å². The number of nitrogens with zero attached hydrogens (tertiary/aromatic N) is 2. The maximum absolute atomic E-state index is 12.2. The van der Waals surface area contributed by atoms with Crippen LogP contribution in [0.25, 0.3) is 0 Å². The van der Waals surface area contributed by atoms with E-state index in [0.29, 0.717) is 13.2 Å². The van der Waals surface area contributed by atoms with Crippen molar-refractivity contribution in [2.75, 3.05) is 46.7 Å². The monoisotopic (exact) mass is 547 g/mol. The molecule has 0 N–H and O–H groups in total. The Kier molecular flexibility index (Phi) is 12.9. The second-order valence-corrected chi connectivity index (χ2v) is 13.5. The molecule has 0 atom stereocenters. The first-order valence-electron chi connectivity index (χ1n) is 12.6. The van der Waals surface area contributed by atoms with Crippen LogP contribution in [0.2, 0.25) is 0 Å².